The van der Waals surface area contributed by atoms with Crippen molar-refractivity contribution in [2.45, 2.75) is 32.5 Å². The molecule has 2 N–H and O–H groups in total. The van der Waals surface area contributed by atoms with Gasteiger partial charge in [0, 0.05) is 42.6 Å². The number of ether oxygens (including phenoxy) is 3. The van der Waals surface area contributed by atoms with Gasteiger partial charge in [-0.05, 0) is 38.1 Å². The van der Waals surface area contributed by atoms with E-state index in [2.05, 4.69) is 51.5 Å². The van der Waals surface area contributed by atoms with Crippen LogP contribution in [0.15, 0.2) is 42.7 Å². The van der Waals surface area contributed by atoms with Crippen LogP contribution in [0.25, 0.3) is 0 Å². The summed E-state index contributed by atoms with van der Waals surface area (Å²) in [6, 6.07) is 10.1. The fourth-order valence-electron chi connectivity index (χ4n) is 4.10. The molecule has 8 nitrogen and oxygen atoms in total. The van der Waals surface area contributed by atoms with Crippen LogP contribution in [0.2, 0.25) is 0 Å². The monoisotopic (exact) mass is 485 g/mol. The molecule has 2 aromatic carbocycles. The molecule has 3 aromatic rings. The number of benzene rings is 2. The Balaban J connectivity index is 1.38. The first kappa shape index (κ1) is 24.5. The minimum atomic E-state index is -0.849. The lowest BCUT2D eigenvalue weighted by Crippen LogP contribution is -2.54. The topological polar surface area (TPSA) is 80.8 Å². The molecule has 2 atom stereocenters. The molecule has 1 fully saturated rings. The van der Waals surface area contributed by atoms with E-state index in [-0.39, 0.29) is 29.4 Å². The number of methoxy groups -OCH3 is 2. The predicted octanol–water partition coefficient (Wildman–Crippen LogP) is 4.28. The molecule has 0 bridgehead atoms. The first-order valence-electron chi connectivity index (χ1n) is 11.3. The van der Waals surface area contributed by atoms with Gasteiger partial charge in [-0.15, -0.1) is 0 Å². The molecule has 10 heteroatoms. The summed E-state index contributed by atoms with van der Waals surface area (Å²) >= 11 is 0. The summed E-state index contributed by atoms with van der Waals surface area (Å²) in [6.45, 7) is 5.90. The van der Waals surface area contributed by atoms with Gasteiger partial charge in [0.1, 0.15) is 6.61 Å². The van der Waals surface area contributed by atoms with E-state index in [0.29, 0.717) is 18.0 Å². The van der Waals surface area contributed by atoms with E-state index >= 15 is 0 Å². The molecule has 186 valence electrons. The molecule has 0 amide bonds. The minimum Gasteiger partial charge on any atom is -0.494 e. The first-order chi connectivity index (χ1) is 16.9. The summed E-state index contributed by atoms with van der Waals surface area (Å²) in [5.74, 6) is -1.34. The maximum absolute atomic E-state index is 14.5. The van der Waals surface area contributed by atoms with Gasteiger partial charge in [0.15, 0.2) is 28.9 Å². The number of rotatable bonds is 8. The number of anilines is 3. The van der Waals surface area contributed by atoms with E-state index in [1.807, 2.05) is 12.1 Å². The van der Waals surface area contributed by atoms with Gasteiger partial charge < -0.3 is 29.7 Å². The van der Waals surface area contributed by atoms with E-state index in [4.69, 9.17) is 14.2 Å². The minimum absolute atomic E-state index is 0.135. The van der Waals surface area contributed by atoms with E-state index in [1.165, 1.54) is 26.6 Å². The zero-order valence-corrected chi connectivity index (χ0v) is 20.1. The fourth-order valence-corrected chi connectivity index (χ4v) is 4.10. The van der Waals surface area contributed by atoms with Crippen LogP contribution in [-0.4, -0.2) is 49.4 Å². The molecule has 35 heavy (non-hydrogen) atoms. The number of halogens is 2. The Morgan fingerprint density at radius 1 is 0.971 bits per heavy atom. The second kappa shape index (κ2) is 10.7. The van der Waals surface area contributed by atoms with Crippen molar-refractivity contribution in [3.63, 3.8) is 0 Å². The maximum Gasteiger partial charge on any atom is 0.227 e. The van der Waals surface area contributed by atoms with E-state index in [0.717, 1.165) is 30.5 Å². The Hall–Kier alpha value is -3.66. The number of hydrogen-bond donors (Lipinski definition) is 2. The molecule has 0 saturated carbocycles. The van der Waals surface area contributed by atoms with Crippen molar-refractivity contribution in [1.82, 2.24) is 15.3 Å². The van der Waals surface area contributed by atoms with Crippen molar-refractivity contribution in [3.8, 4) is 17.2 Å². The third-order valence-corrected chi connectivity index (χ3v) is 5.72. The van der Waals surface area contributed by atoms with Gasteiger partial charge in [-0.1, -0.05) is 0 Å². The number of hydrogen-bond acceptors (Lipinski definition) is 8. The van der Waals surface area contributed by atoms with Crippen LogP contribution < -0.4 is 29.7 Å². The molecular weight excluding hydrogens is 456 g/mol. The largest absolute Gasteiger partial charge is 0.494 e. The van der Waals surface area contributed by atoms with Crippen LogP contribution in [0, 0.1) is 11.6 Å². The van der Waals surface area contributed by atoms with E-state index in [9.17, 15) is 8.78 Å². The molecule has 4 rings (SSSR count). The van der Waals surface area contributed by atoms with Gasteiger partial charge in [0.25, 0.3) is 0 Å². The normalized spacial score (nSPS) is 17.7. The average molecular weight is 486 g/mol. The van der Waals surface area contributed by atoms with Gasteiger partial charge in [-0.2, -0.15) is 0 Å². The lowest BCUT2D eigenvalue weighted by molar-refractivity contribution is 0.280. The molecule has 0 unspecified atom stereocenters. The van der Waals surface area contributed by atoms with Crippen molar-refractivity contribution in [1.29, 1.82) is 0 Å². The van der Waals surface area contributed by atoms with Crippen LogP contribution in [0.4, 0.5) is 26.1 Å². The van der Waals surface area contributed by atoms with Crippen LogP contribution in [0.1, 0.15) is 19.4 Å². The average Bonchev–Trinajstić information content (AvgIpc) is 2.85. The second-order valence-electron chi connectivity index (χ2n) is 8.46. The fraction of sp³-hybridized carbons (Fsp3) is 0.360. The van der Waals surface area contributed by atoms with Gasteiger partial charge in [-0.25, -0.2) is 18.7 Å². The molecule has 0 radical (unpaired) electrons. The number of piperazine rings is 1. The highest BCUT2D eigenvalue weighted by Gasteiger charge is 2.22. The van der Waals surface area contributed by atoms with Crippen LogP contribution in [-0.2, 0) is 6.61 Å². The second-order valence-corrected chi connectivity index (χ2v) is 8.46. The van der Waals surface area contributed by atoms with Crippen molar-refractivity contribution in [2.24, 2.45) is 0 Å². The van der Waals surface area contributed by atoms with Gasteiger partial charge in [-0.3, -0.25) is 0 Å². The zero-order valence-electron chi connectivity index (χ0n) is 20.1. The molecular formula is C25H29F2N5O3. The van der Waals surface area contributed by atoms with Crippen molar-refractivity contribution < 1.29 is 23.0 Å². The lowest BCUT2D eigenvalue weighted by atomic mass is 10.1. The number of aromatic nitrogens is 2. The summed E-state index contributed by atoms with van der Waals surface area (Å²) in [7, 11) is 2.58. The number of nitrogens with zero attached hydrogens (tertiary/aromatic N) is 3. The highest BCUT2D eigenvalue weighted by Crippen LogP contribution is 2.32. The Kier molecular flexibility index (Phi) is 7.50. The molecule has 2 heterocycles. The first-order valence-corrected chi connectivity index (χ1v) is 11.3. The summed E-state index contributed by atoms with van der Waals surface area (Å²) in [5.41, 5.74) is 1.69. The molecule has 1 aliphatic heterocycles. The Labute approximate surface area is 203 Å². The standard InChI is InChI=1S/C25H29F2N5O3/c1-15-12-32(13-16(2)30-15)18-7-5-17(6-8-18)31-25-28-10-19(11-29-25)35-14-20-23(26)21(33-3)9-22(34-4)24(20)27/h5-11,15-16,30H,12-14H2,1-4H3,(H,28,29,31)/t15-,16+. The lowest BCUT2D eigenvalue weighted by Gasteiger charge is -2.37. The van der Waals surface area contributed by atoms with Crippen molar-refractivity contribution in [3.05, 3.63) is 59.9 Å². The molecule has 0 spiro atoms. The summed E-state index contributed by atoms with van der Waals surface area (Å²) in [6.07, 6.45) is 2.86. The van der Waals surface area contributed by atoms with Crippen LogP contribution >= 0.6 is 0 Å². The van der Waals surface area contributed by atoms with Crippen molar-refractivity contribution >= 4 is 17.3 Å². The third-order valence-electron chi connectivity index (χ3n) is 5.72. The van der Waals surface area contributed by atoms with Gasteiger partial charge in [0.2, 0.25) is 5.95 Å². The highest BCUT2D eigenvalue weighted by atomic mass is 19.1. The molecule has 0 aliphatic carbocycles. The van der Waals surface area contributed by atoms with Crippen LogP contribution in [0.3, 0.4) is 0 Å². The molecule has 1 aromatic heterocycles. The van der Waals surface area contributed by atoms with Gasteiger partial charge >= 0.3 is 0 Å². The maximum atomic E-state index is 14.5. The Morgan fingerprint density at radius 3 is 2.09 bits per heavy atom. The Morgan fingerprint density at radius 2 is 1.54 bits per heavy atom. The predicted molar refractivity (Wildman–Crippen MR) is 130 cm³/mol. The van der Waals surface area contributed by atoms with E-state index in [1.54, 1.807) is 0 Å². The quantitative estimate of drug-likeness (QED) is 0.490. The smallest absolute Gasteiger partial charge is 0.227 e. The SMILES string of the molecule is COc1cc(OC)c(F)c(COc2cnc(Nc3ccc(N4C[C@@H](C)N[C@@H](C)C4)cc3)nc2)c1F. The highest BCUT2D eigenvalue weighted by molar-refractivity contribution is 5.59. The molecule has 1 saturated heterocycles. The summed E-state index contributed by atoms with van der Waals surface area (Å²) in [4.78, 5) is 10.8. The zero-order chi connectivity index (χ0) is 24.9. The number of nitrogens with one attached hydrogen (secondary N) is 2. The summed E-state index contributed by atoms with van der Waals surface area (Å²) in [5, 5.41) is 6.67. The van der Waals surface area contributed by atoms with Crippen molar-refractivity contribution in [2.75, 3.05) is 37.5 Å². The van der Waals surface area contributed by atoms with Gasteiger partial charge in [0.05, 0.1) is 32.2 Å². The van der Waals surface area contributed by atoms with Crippen LogP contribution in [0.5, 0.6) is 17.2 Å². The van der Waals surface area contributed by atoms with E-state index < -0.39 is 11.6 Å². The molecule has 1 aliphatic rings. The third kappa shape index (κ3) is 5.71. The summed E-state index contributed by atoms with van der Waals surface area (Å²) < 4.78 is 44.4. The Bertz CT molecular complexity index is 1110.